The van der Waals surface area contributed by atoms with Crippen molar-refractivity contribution in [2.75, 3.05) is 13.7 Å². The number of carboxylic acids is 1. The molecule has 0 saturated carbocycles. The molecule has 0 radical (unpaired) electrons. The van der Waals surface area contributed by atoms with Crippen LogP contribution in [0.15, 0.2) is 53.1 Å². The number of halogens is 2. The summed E-state index contributed by atoms with van der Waals surface area (Å²) in [7, 11) is 1.11. The second-order valence-electron chi connectivity index (χ2n) is 7.89. The molecule has 12 heteroatoms. The van der Waals surface area contributed by atoms with E-state index in [-0.39, 0.29) is 24.6 Å². The zero-order valence-corrected chi connectivity index (χ0v) is 20.8. The highest BCUT2D eigenvalue weighted by molar-refractivity contribution is 6.30. The SMILES string of the molecule is CCOc1nc(C(=O)N[C@H](Cc2ccc(-c3cc(Cl)ccc3F)cc2)C[C@@H](NC(=O)OC)C(=O)O)co1. The monoisotopic (exact) mass is 533 g/mol. The number of rotatable bonds is 11. The number of benzene rings is 2. The van der Waals surface area contributed by atoms with E-state index in [1.54, 1.807) is 31.2 Å². The summed E-state index contributed by atoms with van der Waals surface area (Å²) in [6, 6.07) is 8.96. The van der Waals surface area contributed by atoms with Gasteiger partial charge in [-0.2, -0.15) is 4.98 Å². The van der Waals surface area contributed by atoms with Gasteiger partial charge in [-0.15, -0.1) is 0 Å². The first-order valence-corrected chi connectivity index (χ1v) is 11.6. The molecule has 196 valence electrons. The molecule has 0 aliphatic rings. The molecule has 3 rings (SSSR count). The summed E-state index contributed by atoms with van der Waals surface area (Å²) >= 11 is 5.99. The van der Waals surface area contributed by atoms with Crippen LogP contribution in [0, 0.1) is 5.82 Å². The van der Waals surface area contributed by atoms with Crippen LogP contribution in [0.2, 0.25) is 5.02 Å². The van der Waals surface area contributed by atoms with Gasteiger partial charge in [-0.05, 0) is 49.1 Å². The highest BCUT2D eigenvalue weighted by Gasteiger charge is 2.27. The Morgan fingerprint density at radius 2 is 1.89 bits per heavy atom. The van der Waals surface area contributed by atoms with E-state index in [0.29, 0.717) is 28.3 Å². The van der Waals surface area contributed by atoms with E-state index in [9.17, 15) is 23.9 Å². The summed E-state index contributed by atoms with van der Waals surface area (Å²) in [5.74, 6) is -2.37. The number of alkyl carbamates (subject to hydrolysis) is 1. The molecule has 0 fully saturated rings. The van der Waals surface area contributed by atoms with Crippen LogP contribution in [0.1, 0.15) is 29.4 Å². The van der Waals surface area contributed by atoms with Gasteiger partial charge in [-0.25, -0.2) is 14.0 Å². The predicted octanol–water partition coefficient (Wildman–Crippen LogP) is 4.07. The van der Waals surface area contributed by atoms with Crippen molar-refractivity contribution in [1.82, 2.24) is 15.6 Å². The number of hydrogen-bond acceptors (Lipinski definition) is 7. The minimum absolute atomic E-state index is 0.0620. The number of oxazole rings is 1. The summed E-state index contributed by atoms with van der Waals surface area (Å²) in [6.07, 6.45) is 0.129. The van der Waals surface area contributed by atoms with Crippen LogP contribution in [-0.2, 0) is 16.0 Å². The number of carbonyl (C=O) groups is 3. The molecule has 10 nitrogen and oxygen atoms in total. The van der Waals surface area contributed by atoms with Crippen molar-refractivity contribution in [2.45, 2.75) is 31.8 Å². The molecular weight excluding hydrogens is 509 g/mol. The van der Waals surface area contributed by atoms with Crippen molar-refractivity contribution in [1.29, 1.82) is 0 Å². The number of aromatic nitrogens is 1. The molecular formula is C25H25ClFN3O7. The molecule has 2 amide bonds. The first-order valence-electron chi connectivity index (χ1n) is 11.2. The molecule has 1 aromatic heterocycles. The second kappa shape index (κ2) is 12.7. The third-order valence-corrected chi connectivity index (χ3v) is 5.53. The van der Waals surface area contributed by atoms with Gasteiger partial charge >= 0.3 is 18.1 Å². The van der Waals surface area contributed by atoms with E-state index in [4.69, 9.17) is 20.8 Å². The Bertz CT molecular complexity index is 1250. The lowest BCUT2D eigenvalue weighted by atomic mass is 9.97. The smallest absolute Gasteiger partial charge is 0.407 e. The van der Waals surface area contributed by atoms with E-state index < -0.39 is 35.9 Å². The molecule has 2 atom stereocenters. The second-order valence-corrected chi connectivity index (χ2v) is 8.33. The molecule has 0 spiro atoms. The Morgan fingerprint density at radius 1 is 1.16 bits per heavy atom. The molecule has 0 bridgehead atoms. The Balaban J connectivity index is 1.82. The van der Waals surface area contributed by atoms with E-state index in [1.807, 2.05) is 0 Å². The van der Waals surface area contributed by atoms with Gasteiger partial charge in [0.25, 0.3) is 5.91 Å². The quantitative estimate of drug-likeness (QED) is 0.335. The Hall–Kier alpha value is -4.12. The molecule has 37 heavy (non-hydrogen) atoms. The van der Waals surface area contributed by atoms with Crippen molar-refractivity contribution in [3.63, 3.8) is 0 Å². The molecule has 0 aliphatic carbocycles. The van der Waals surface area contributed by atoms with Crippen molar-refractivity contribution in [3.05, 3.63) is 70.8 Å². The third kappa shape index (κ3) is 7.68. The van der Waals surface area contributed by atoms with Crippen molar-refractivity contribution < 1.29 is 37.8 Å². The summed E-state index contributed by atoms with van der Waals surface area (Å²) in [5, 5.41) is 14.9. The zero-order chi connectivity index (χ0) is 26.9. The van der Waals surface area contributed by atoms with E-state index in [1.165, 1.54) is 18.2 Å². The van der Waals surface area contributed by atoms with Crippen LogP contribution in [0.4, 0.5) is 9.18 Å². The van der Waals surface area contributed by atoms with E-state index >= 15 is 0 Å². The van der Waals surface area contributed by atoms with Crippen molar-refractivity contribution in [3.8, 4) is 17.2 Å². The zero-order valence-electron chi connectivity index (χ0n) is 20.0. The van der Waals surface area contributed by atoms with Crippen LogP contribution in [0.3, 0.4) is 0 Å². The van der Waals surface area contributed by atoms with Gasteiger partial charge in [0.1, 0.15) is 18.1 Å². The highest BCUT2D eigenvalue weighted by atomic mass is 35.5. The van der Waals surface area contributed by atoms with Gasteiger partial charge in [-0.1, -0.05) is 35.9 Å². The predicted molar refractivity (Wildman–Crippen MR) is 131 cm³/mol. The maximum atomic E-state index is 14.2. The molecule has 2 aromatic carbocycles. The summed E-state index contributed by atoms with van der Waals surface area (Å²) in [6.45, 7) is 2.02. The lowest BCUT2D eigenvalue weighted by Crippen LogP contribution is -2.47. The summed E-state index contributed by atoms with van der Waals surface area (Å²) in [4.78, 5) is 40.1. The van der Waals surface area contributed by atoms with Gasteiger partial charge in [0.15, 0.2) is 5.69 Å². The van der Waals surface area contributed by atoms with Crippen LogP contribution < -0.4 is 15.4 Å². The maximum absolute atomic E-state index is 14.2. The number of hydrogen-bond donors (Lipinski definition) is 3. The number of aliphatic carboxylic acids is 1. The minimum atomic E-state index is -1.35. The van der Waals surface area contributed by atoms with Crippen LogP contribution in [0.5, 0.6) is 6.08 Å². The topological polar surface area (TPSA) is 140 Å². The number of carbonyl (C=O) groups excluding carboxylic acids is 2. The van der Waals surface area contributed by atoms with Crippen LogP contribution in [-0.4, -0.2) is 53.9 Å². The summed E-state index contributed by atoms with van der Waals surface area (Å²) in [5.41, 5.74) is 1.57. The number of methoxy groups -OCH3 is 1. The maximum Gasteiger partial charge on any atom is 0.407 e. The summed E-state index contributed by atoms with van der Waals surface area (Å²) < 4.78 is 29.0. The number of nitrogens with zero attached hydrogens (tertiary/aromatic N) is 1. The Kier molecular flexibility index (Phi) is 9.45. The average Bonchev–Trinajstić information content (AvgIpc) is 3.34. The van der Waals surface area contributed by atoms with Gasteiger partial charge in [0.2, 0.25) is 0 Å². The van der Waals surface area contributed by atoms with Gasteiger partial charge in [-0.3, -0.25) is 4.79 Å². The van der Waals surface area contributed by atoms with Crippen LogP contribution in [0.25, 0.3) is 11.1 Å². The third-order valence-electron chi connectivity index (χ3n) is 5.29. The lowest BCUT2D eigenvalue weighted by molar-refractivity contribution is -0.139. The van der Waals surface area contributed by atoms with Gasteiger partial charge in [0, 0.05) is 16.6 Å². The van der Waals surface area contributed by atoms with Gasteiger partial charge < -0.3 is 29.6 Å². The fraction of sp³-hybridized carbons (Fsp3) is 0.280. The number of carboxylic acid groups (broad SMARTS) is 1. The number of ether oxygens (including phenoxy) is 2. The number of nitrogens with one attached hydrogen (secondary N) is 2. The standard InChI is InChI=1S/C25H25ClFN3O7/c1-3-36-25-30-21(13-37-25)22(31)28-17(12-20(23(32)33)29-24(34)35-2)10-14-4-6-15(7-5-14)18-11-16(26)8-9-19(18)27/h4-9,11,13,17,20H,3,10,12H2,1-2H3,(H,28,31)(H,29,34)(H,32,33)/t17-,20-/m1/s1. The normalized spacial score (nSPS) is 12.3. The largest absolute Gasteiger partial charge is 0.480 e. The highest BCUT2D eigenvalue weighted by Crippen LogP contribution is 2.26. The molecule has 3 aromatic rings. The molecule has 0 unspecified atom stereocenters. The lowest BCUT2D eigenvalue weighted by Gasteiger charge is -2.23. The molecule has 0 aliphatic heterocycles. The Labute approximate surface area is 216 Å². The average molecular weight is 534 g/mol. The molecule has 3 N–H and O–H groups in total. The van der Waals surface area contributed by atoms with Crippen LogP contribution >= 0.6 is 11.6 Å². The first-order chi connectivity index (χ1) is 17.7. The van der Waals surface area contributed by atoms with E-state index in [2.05, 4.69) is 20.4 Å². The Morgan fingerprint density at radius 3 is 2.54 bits per heavy atom. The van der Waals surface area contributed by atoms with Crippen molar-refractivity contribution >= 4 is 29.6 Å². The fourth-order valence-corrected chi connectivity index (χ4v) is 3.71. The molecule has 1 heterocycles. The minimum Gasteiger partial charge on any atom is -0.480 e. The van der Waals surface area contributed by atoms with Crippen molar-refractivity contribution in [2.24, 2.45) is 0 Å². The molecule has 0 saturated heterocycles. The van der Waals surface area contributed by atoms with E-state index in [0.717, 1.165) is 13.4 Å². The number of amides is 2. The van der Waals surface area contributed by atoms with Gasteiger partial charge in [0.05, 0.1) is 13.7 Å². The first kappa shape index (κ1) is 27.5. The fourth-order valence-electron chi connectivity index (χ4n) is 3.53.